The molecule has 2 rings (SSSR count). The highest BCUT2D eigenvalue weighted by atomic mass is 16.3. The van der Waals surface area contributed by atoms with Gasteiger partial charge in [-0.3, -0.25) is 9.69 Å². The molecule has 0 saturated carbocycles. The fourth-order valence-corrected chi connectivity index (χ4v) is 2.49. The molecule has 5 nitrogen and oxygen atoms in total. The van der Waals surface area contributed by atoms with Gasteiger partial charge >= 0.3 is 0 Å². The van der Waals surface area contributed by atoms with Gasteiger partial charge in [0.2, 0.25) is 5.91 Å². The third kappa shape index (κ3) is 4.27. The number of hydrogen-bond acceptors (Lipinski definition) is 4. The SMILES string of the molecule is Cc1ccccc1CNC(=O)CN1CCC(C)(O)C(O)C1. The first kappa shape index (κ1) is 15.9. The molecule has 2 atom stereocenters. The summed E-state index contributed by atoms with van der Waals surface area (Å²) in [5.74, 6) is -0.0630. The van der Waals surface area contributed by atoms with Crippen LogP contribution in [0.2, 0.25) is 0 Å². The highest BCUT2D eigenvalue weighted by Gasteiger charge is 2.36. The number of likely N-dealkylation sites (tertiary alicyclic amines) is 1. The number of carbonyl (C=O) groups is 1. The minimum atomic E-state index is -1.05. The third-order valence-corrected chi connectivity index (χ3v) is 4.19. The fraction of sp³-hybridized carbons (Fsp3) is 0.562. The molecule has 116 valence electrons. The van der Waals surface area contributed by atoms with Crippen molar-refractivity contribution in [2.24, 2.45) is 0 Å². The van der Waals surface area contributed by atoms with Crippen LogP contribution in [-0.4, -0.2) is 52.4 Å². The number of piperidine rings is 1. The number of nitrogens with one attached hydrogen (secondary N) is 1. The lowest BCUT2D eigenvalue weighted by Crippen LogP contribution is -2.55. The van der Waals surface area contributed by atoms with E-state index in [1.165, 1.54) is 0 Å². The minimum absolute atomic E-state index is 0.0630. The largest absolute Gasteiger partial charge is 0.389 e. The van der Waals surface area contributed by atoms with Crippen LogP contribution in [-0.2, 0) is 11.3 Å². The molecule has 0 bridgehead atoms. The summed E-state index contributed by atoms with van der Waals surface area (Å²) in [6.45, 7) is 5.35. The van der Waals surface area contributed by atoms with Crippen molar-refractivity contribution in [2.75, 3.05) is 19.6 Å². The summed E-state index contributed by atoms with van der Waals surface area (Å²) >= 11 is 0. The fourth-order valence-electron chi connectivity index (χ4n) is 2.49. The number of rotatable bonds is 4. The Morgan fingerprint density at radius 3 is 2.86 bits per heavy atom. The van der Waals surface area contributed by atoms with E-state index in [1.807, 2.05) is 36.1 Å². The number of carbonyl (C=O) groups excluding carboxylic acids is 1. The molecule has 1 aliphatic heterocycles. The Labute approximate surface area is 125 Å². The lowest BCUT2D eigenvalue weighted by molar-refractivity contribution is -0.129. The quantitative estimate of drug-likeness (QED) is 0.752. The topological polar surface area (TPSA) is 72.8 Å². The van der Waals surface area contributed by atoms with E-state index in [0.29, 0.717) is 26.1 Å². The summed E-state index contributed by atoms with van der Waals surface area (Å²) < 4.78 is 0. The Hall–Kier alpha value is -1.43. The molecule has 1 aliphatic rings. The van der Waals surface area contributed by atoms with Gasteiger partial charge in [-0.15, -0.1) is 0 Å². The maximum atomic E-state index is 12.0. The van der Waals surface area contributed by atoms with Gasteiger partial charge in [-0.2, -0.15) is 0 Å². The number of β-amino-alcohol motifs (C(OH)–C–C–N with tert-alkyl or cyclic N) is 1. The van der Waals surface area contributed by atoms with Crippen molar-refractivity contribution in [3.63, 3.8) is 0 Å². The van der Waals surface area contributed by atoms with Gasteiger partial charge in [0.15, 0.2) is 0 Å². The lowest BCUT2D eigenvalue weighted by Gasteiger charge is -2.39. The molecule has 1 heterocycles. The molecule has 1 amide bonds. The van der Waals surface area contributed by atoms with Crippen molar-refractivity contribution in [3.8, 4) is 0 Å². The van der Waals surface area contributed by atoms with Crippen molar-refractivity contribution in [3.05, 3.63) is 35.4 Å². The smallest absolute Gasteiger partial charge is 0.234 e. The van der Waals surface area contributed by atoms with Gasteiger partial charge in [-0.1, -0.05) is 24.3 Å². The molecule has 0 aliphatic carbocycles. The molecule has 21 heavy (non-hydrogen) atoms. The second-order valence-corrected chi connectivity index (χ2v) is 6.06. The first-order chi connectivity index (χ1) is 9.88. The molecule has 1 aromatic carbocycles. The highest BCUT2D eigenvalue weighted by Crippen LogP contribution is 2.21. The van der Waals surface area contributed by atoms with Crippen molar-refractivity contribution < 1.29 is 15.0 Å². The Morgan fingerprint density at radius 2 is 2.19 bits per heavy atom. The van der Waals surface area contributed by atoms with Crippen molar-refractivity contribution in [2.45, 2.75) is 38.5 Å². The Morgan fingerprint density at radius 1 is 1.48 bits per heavy atom. The first-order valence-electron chi connectivity index (χ1n) is 7.32. The van der Waals surface area contributed by atoms with Gasteiger partial charge in [0.1, 0.15) is 0 Å². The Bertz CT molecular complexity index is 502. The van der Waals surface area contributed by atoms with Crippen LogP contribution < -0.4 is 5.32 Å². The van der Waals surface area contributed by atoms with Crippen LogP contribution >= 0.6 is 0 Å². The number of aliphatic hydroxyl groups is 2. The van der Waals surface area contributed by atoms with E-state index in [2.05, 4.69) is 5.32 Å². The molecule has 0 spiro atoms. The normalized spacial score (nSPS) is 26.6. The van der Waals surface area contributed by atoms with Gasteiger partial charge < -0.3 is 15.5 Å². The Balaban J connectivity index is 1.79. The van der Waals surface area contributed by atoms with Crippen LogP contribution in [0.1, 0.15) is 24.5 Å². The highest BCUT2D eigenvalue weighted by molar-refractivity contribution is 5.78. The van der Waals surface area contributed by atoms with E-state index in [9.17, 15) is 15.0 Å². The van der Waals surface area contributed by atoms with E-state index in [0.717, 1.165) is 11.1 Å². The minimum Gasteiger partial charge on any atom is -0.389 e. The van der Waals surface area contributed by atoms with E-state index in [4.69, 9.17) is 0 Å². The van der Waals surface area contributed by atoms with Crippen LogP contribution in [0.3, 0.4) is 0 Å². The van der Waals surface area contributed by atoms with Crippen LogP contribution in [0.25, 0.3) is 0 Å². The molecule has 3 N–H and O–H groups in total. The molecule has 2 unspecified atom stereocenters. The summed E-state index contributed by atoms with van der Waals surface area (Å²) in [4.78, 5) is 13.8. The summed E-state index contributed by atoms with van der Waals surface area (Å²) in [6.07, 6.45) is -0.338. The standard InChI is InChI=1S/C16H24N2O3/c1-12-5-3-4-6-13(12)9-17-15(20)11-18-8-7-16(2,21)14(19)10-18/h3-6,14,19,21H,7-11H2,1-2H3,(H,17,20). The molecule has 0 aromatic heterocycles. The first-order valence-corrected chi connectivity index (χ1v) is 7.32. The summed E-state index contributed by atoms with van der Waals surface area (Å²) in [5, 5.41) is 22.6. The van der Waals surface area contributed by atoms with Crippen LogP contribution in [0, 0.1) is 6.92 Å². The van der Waals surface area contributed by atoms with Gasteiger partial charge in [-0.25, -0.2) is 0 Å². The molecule has 1 aromatic rings. The van der Waals surface area contributed by atoms with E-state index < -0.39 is 11.7 Å². The molecule has 1 fully saturated rings. The van der Waals surface area contributed by atoms with Crippen molar-refractivity contribution in [1.82, 2.24) is 10.2 Å². The van der Waals surface area contributed by atoms with E-state index >= 15 is 0 Å². The average Bonchev–Trinajstić information content (AvgIpc) is 2.42. The van der Waals surface area contributed by atoms with Crippen LogP contribution in [0.5, 0.6) is 0 Å². The number of aliphatic hydroxyl groups excluding tert-OH is 1. The number of benzene rings is 1. The maximum absolute atomic E-state index is 12.0. The van der Waals surface area contributed by atoms with Crippen molar-refractivity contribution >= 4 is 5.91 Å². The van der Waals surface area contributed by atoms with Gasteiger partial charge in [0, 0.05) is 19.6 Å². The lowest BCUT2D eigenvalue weighted by atomic mass is 9.91. The number of hydrogen-bond donors (Lipinski definition) is 3. The van der Waals surface area contributed by atoms with E-state index in [-0.39, 0.29) is 12.5 Å². The summed E-state index contributed by atoms with van der Waals surface area (Å²) in [5.41, 5.74) is 1.21. The maximum Gasteiger partial charge on any atom is 0.234 e. The zero-order chi connectivity index (χ0) is 15.5. The molecular formula is C16H24N2O3. The van der Waals surface area contributed by atoms with Gasteiger partial charge in [0.05, 0.1) is 18.2 Å². The molecular weight excluding hydrogens is 268 g/mol. The summed E-state index contributed by atoms with van der Waals surface area (Å²) in [7, 11) is 0. The van der Waals surface area contributed by atoms with Crippen LogP contribution in [0.4, 0.5) is 0 Å². The predicted octanol–water partition coefficient (Wildman–Crippen LogP) is 0.429. The molecule has 5 heteroatoms. The second-order valence-electron chi connectivity index (χ2n) is 6.06. The average molecular weight is 292 g/mol. The second kappa shape index (κ2) is 6.56. The number of nitrogens with zero attached hydrogens (tertiary/aromatic N) is 1. The monoisotopic (exact) mass is 292 g/mol. The zero-order valence-electron chi connectivity index (χ0n) is 12.7. The van der Waals surface area contributed by atoms with Gasteiger partial charge in [0.25, 0.3) is 0 Å². The van der Waals surface area contributed by atoms with E-state index in [1.54, 1.807) is 6.92 Å². The molecule has 0 radical (unpaired) electrons. The van der Waals surface area contributed by atoms with Crippen molar-refractivity contribution in [1.29, 1.82) is 0 Å². The third-order valence-electron chi connectivity index (χ3n) is 4.19. The number of amides is 1. The number of aryl methyl sites for hydroxylation is 1. The molecule has 1 saturated heterocycles. The van der Waals surface area contributed by atoms with Gasteiger partial charge in [-0.05, 0) is 31.4 Å². The Kier molecular flexibility index (Phi) is 4.98. The summed E-state index contributed by atoms with van der Waals surface area (Å²) in [6, 6.07) is 7.95. The van der Waals surface area contributed by atoms with Crippen LogP contribution in [0.15, 0.2) is 24.3 Å². The predicted molar refractivity (Wildman–Crippen MR) is 80.7 cm³/mol. The zero-order valence-corrected chi connectivity index (χ0v) is 12.7.